The number of hydrogen-bond acceptors (Lipinski definition) is 6. The fraction of sp³-hybridized carbons (Fsp3) is 1.00. The van der Waals surface area contributed by atoms with E-state index in [4.69, 9.17) is 30.6 Å². The van der Waals surface area contributed by atoms with Gasteiger partial charge in [0.1, 0.15) is 24.4 Å². The van der Waals surface area contributed by atoms with Gasteiger partial charge in [-0.25, -0.2) is 0 Å². The van der Waals surface area contributed by atoms with Crippen LogP contribution in [0.2, 0.25) is 0 Å². The monoisotopic (exact) mass is 194 g/mol. The predicted octanol–water partition coefficient (Wildman–Crippen LogP) is -3.59. The number of rotatable bonds is 5. The minimum atomic E-state index is -1.67. The second-order valence-electron chi connectivity index (χ2n) is 2.48. The Balaban J connectivity index is 3.99. The van der Waals surface area contributed by atoms with Gasteiger partial charge in [0.25, 0.3) is 0 Å². The van der Waals surface area contributed by atoms with E-state index in [-0.39, 0.29) is 0 Å². The Labute approximate surface area is 69.3 Å². The molecule has 0 amide bonds. The van der Waals surface area contributed by atoms with E-state index in [1.54, 1.807) is 0 Å². The van der Waals surface area contributed by atoms with Crippen LogP contribution in [0.25, 0.3) is 0 Å². The average Bonchev–Trinajstić information content (AvgIpc) is 2.12. The van der Waals surface area contributed by atoms with Crippen molar-refractivity contribution in [3.05, 3.63) is 0 Å². The van der Waals surface area contributed by atoms with Crippen molar-refractivity contribution in [1.29, 1.82) is 0 Å². The highest BCUT2D eigenvalue weighted by Crippen LogP contribution is 2.03. The summed E-state index contributed by atoms with van der Waals surface area (Å²) in [6, 6.07) is 0. The molecule has 0 aliphatic heterocycles. The van der Waals surface area contributed by atoms with Crippen molar-refractivity contribution in [2.45, 2.75) is 24.4 Å². The topological polar surface area (TPSA) is 121 Å². The molecule has 0 saturated carbocycles. The fourth-order valence-corrected chi connectivity index (χ4v) is 0.671. The molecule has 74 valence electrons. The van der Waals surface area contributed by atoms with E-state index in [0.29, 0.717) is 0 Å². The maximum atomic E-state index is 8.96. The van der Waals surface area contributed by atoms with Gasteiger partial charge in [-0.05, 0) is 0 Å². The van der Waals surface area contributed by atoms with Crippen molar-refractivity contribution >= 4 is 0 Å². The first-order valence-electron chi connectivity index (χ1n) is 3.48. The first kappa shape index (κ1) is 11.8. The molecule has 12 heavy (non-hydrogen) atoms. The lowest BCUT2D eigenvalue weighted by molar-refractivity contribution is -0.123. The Kier molecular flexibility index (Phi) is 5.31. The van der Waals surface area contributed by atoms with E-state index >= 15 is 0 Å². The largest absolute Gasteiger partial charge is 0.394 e. The van der Waals surface area contributed by atoms with Gasteiger partial charge in [0, 0.05) is 0 Å². The molecular weight excluding hydrogens is 180 g/mol. The summed E-state index contributed by atoms with van der Waals surface area (Å²) in [6.07, 6.45) is -6.39. The normalized spacial score (nSPS) is 21.5. The summed E-state index contributed by atoms with van der Waals surface area (Å²) in [4.78, 5) is 0. The fourth-order valence-electron chi connectivity index (χ4n) is 0.671. The molecule has 6 heteroatoms. The van der Waals surface area contributed by atoms with Crippen molar-refractivity contribution in [3.8, 4) is 0 Å². The van der Waals surface area contributed by atoms with E-state index in [9.17, 15) is 0 Å². The van der Waals surface area contributed by atoms with Crippen LogP contribution in [0.1, 0.15) is 0 Å². The van der Waals surface area contributed by atoms with Crippen LogP contribution in [0.4, 0.5) is 0 Å². The summed E-state index contributed by atoms with van der Waals surface area (Å²) in [5.41, 5.74) is 0. The molecule has 0 spiro atoms. The molecule has 0 rings (SSSR count). The Morgan fingerprint density at radius 2 is 0.917 bits per heavy atom. The van der Waals surface area contributed by atoms with Crippen molar-refractivity contribution in [3.63, 3.8) is 0 Å². The molecule has 0 aromatic carbocycles. The Morgan fingerprint density at radius 3 is 1.08 bits per heavy atom. The van der Waals surface area contributed by atoms with Gasteiger partial charge < -0.3 is 30.6 Å². The minimum absolute atomic E-state index is 0.726. The number of aliphatic hydroxyl groups is 6. The van der Waals surface area contributed by atoms with Gasteiger partial charge in [0.15, 0.2) is 0 Å². The van der Waals surface area contributed by atoms with Crippen molar-refractivity contribution < 1.29 is 30.6 Å². The van der Waals surface area contributed by atoms with E-state index in [2.05, 4.69) is 0 Å². The van der Waals surface area contributed by atoms with E-state index in [1.165, 1.54) is 0 Å². The molecule has 0 fully saturated rings. The Morgan fingerprint density at radius 1 is 0.667 bits per heavy atom. The molecule has 0 saturated heterocycles. The van der Waals surface area contributed by atoms with Crippen LogP contribution in [0.5, 0.6) is 0 Å². The van der Waals surface area contributed by atoms with Gasteiger partial charge in [-0.1, -0.05) is 0 Å². The van der Waals surface area contributed by atoms with Gasteiger partial charge in [0.2, 0.25) is 0 Å². The summed E-state index contributed by atoms with van der Waals surface area (Å²) < 4.78 is 0. The SMILES string of the molecule is O[14CH2][14CH](O)[14CH](O)[14CH](O)[14CH](O)[14CH2]O. The van der Waals surface area contributed by atoms with E-state index < -0.39 is 37.6 Å². The molecule has 0 bridgehead atoms. The Hall–Kier alpha value is -0.240. The molecule has 4 unspecified atom stereocenters. The molecule has 0 aromatic rings. The summed E-state index contributed by atoms with van der Waals surface area (Å²) >= 11 is 0. The molecule has 0 radical (unpaired) electrons. The molecule has 6 nitrogen and oxygen atoms in total. The zero-order valence-electron chi connectivity index (χ0n) is 6.41. The third-order valence-corrected chi connectivity index (χ3v) is 1.51. The van der Waals surface area contributed by atoms with Crippen LogP contribution in [0.3, 0.4) is 0 Å². The summed E-state index contributed by atoms with van der Waals surface area (Å²) in [6.45, 7) is -1.45. The Bertz CT molecular complexity index is 105. The lowest BCUT2D eigenvalue weighted by Gasteiger charge is -2.24. The third-order valence-electron chi connectivity index (χ3n) is 1.51. The van der Waals surface area contributed by atoms with Crippen LogP contribution in [0, 0.1) is 0 Å². The van der Waals surface area contributed by atoms with Crippen LogP contribution in [0.15, 0.2) is 0 Å². The average molecular weight is 194 g/mol. The quantitative estimate of drug-likeness (QED) is 0.269. The maximum Gasteiger partial charge on any atom is 0.111 e. The summed E-state index contributed by atoms with van der Waals surface area (Å²) in [5, 5.41) is 52.2. The van der Waals surface area contributed by atoms with Crippen LogP contribution >= 0.6 is 0 Å². The zero-order chi connectivity index (χ0) is 9.72. The number of hydrogen-bond donors (Lipinski definition) is 6. The minimum Gasteiger partial charge on any atom is -0.394 e. The first-order valence-corrected chi connectivity index (χ1v) is 3.48. The highest BCUT2D eigenvalue weighted by Gasteiger charge is 2.29. The molecule has 4 atom stereocenters. The van der Waals surface area contributed by atoms with Gasteiger partial charge in [-0.3, -0.25) is 0 Å². The van der Waals surface area contributed by atoms with Crippen molar-refractivity contribution in [1.82, 2.24) is 0 Å². The van der Waals surface area contributed by atoms with Crippen LogP contribution in [-0.4, -0.2) is 68.3 Å². The molecule has 6 N–H and O–H groups in total. The van der Waals surface area contributed by atoms with Gasteiger partial charge in [0.05, 0.1) is 13.2 Å². The standard InChI is InChI=1S/C6H14O6/c7-1-3(9)5(11)6(12)4(10)2-8/h3-12H,1-2H2/i1+2,2+2,3+2,4+2,5+2,6+2. The molecule has 0 aliphatic rings. The first-order chi connectivity index (χ1) is 5.54. The lowest BCUT2D eigenvalue weighted by atomic mass is 12.0. The van der Waals surface area contributed by atoms with Crippen molar-refractivity contribution in [2.24, 2.45) is 0 Å². The number of aliphatic hydroxyl groups excluding tert-OH is 6. The molecule has 0 aromatic heterocycles. The lowest BCUT2D eigenvalue weighted by Crippen LogP contribution is -2.46. The zero-order valence-corrected chi connectivity index (χ0v) is 6.41. The summed E-state index contributed by atoms with van der Waals surface area (Å²) in [5.74, 6) is 0. The van der Waals surface area contributed by atoms with Gasteiger partial charge >= 0.3 is 0 Å². The van der Waals surface area contributed by atoms with Gasteiger partial charge in [-0.2, -0.15) is 0 Å². The summed E-state index contributed by atoms with van der Waals surface area (Å²) in [7, 11) is 0. The second kappa shape index (κ2) is 5.41. The van der Waals surface area contributed by atoms with E-state index in [1.807, 2.05) is 0 Å². The van der Waals surface area contributed by atoms with Gasteiger partial charge in [-0.15, -0.1) is 0 Å². The van der Waals surface area contributed by atoms with Crippen LogP contribution in [-0.2, 0) is 0 Å². The molecule has 0 aliphatic carbocycles. The third kappa shape index (κ3) is 3.02. The van der Waals surface area contributed by atoms with Crippen molar-refractivity contribution in [2.75, 3.05) is 13.2 Å². The maximum absolute atomic E-state index is 8.96. The molecular formula is C6H14O6. The molecule has 0 heterocycles. The van der Waals surface area contributed by atoms with E-state index in [0.717, 1.165) is 0 Å². The van der Waals surface area contributed by atoms with Crippen LogP contribution < -0.4 is 0 Å². The predicted molar refractivity (Wildman–Crippen MR) is 38.2 cm³/mol. The smallest absolute Gasteiger partial charge is 0.111 e. The highest BCUT2D eigenvalue weighted by molar-refractivity contribution is 4.79. The second-order valence-corrected chi connectivity index (χ2v) is 2.48. The highest BCUT2D eigenvalue weighted by atomic mass is 16.9.